The highest BCUT2D eigenvalue weighted by Crippen LogP contribution is 2.35. The maximum Gasteiger partial charge on any atom is 0.239 e. The maximum atomic E-state index is 5.28. The Balaban J connectivity index is 2.10. The summed E-state index contributed by atoms with van der Waals surface area (Å²) in [5.41, 5.74) is 1.62. The van der Waals surface area contributed by atoms with Crippen molar-refractivity contribution >= 4 is 23.1 Å². The molecule has 2 heterocycles. The maximum absolute atomic E-state index is 5.28. The molecule has 2 aromatic heterocycles. The van der Waals surface area contributed by atoms with Gasteiger partial charge in [0.15, 0.2) is 10.2 Å². The lowest BCUT2D eigenvalue weighted by Gasteiger charge is -2.11. The Morgan fingerprint density at radius 3 is 2.71 bits per heavy atom. The summed E-state index contributed by atoms with van der Waals surface area (Å²) >= 11 is 3.09. The van der Waals surface area contributed by atoms with E-state index >= 15 is 0 Å². The Hall–Kier alpha value is -0.950. The molecule has 1 unspecified atom stereocenters. The fourth-order valence-electron chi connectivity index (χ4n) is 1.12. The van der Waals surface area contributed by atoms with Gasteiger partial charge in [-0.25, -0.2) is 0 Å². The van der Waals surface area contributed by atoms with E-state index in [9.17, 15) is 0 Å². The molecule has 0 fully saturated rings. The number of nitrogens with zero attached hydrogens (tertiary/aromatic N) is 4. The van der Waals surface area contributed by atoms with E-state index in [0.29, 0.717) is 5.89 Å². The van der Waals surface area contributed by atoms with E-state index in [-0.39, 0.29) is 10.7 Å². The van der Waals surface area contributed by atoms with Gasteiger partial charge in [-0.2, -0.15) is 4.98 Å². The highest BCUT2D eigenvalue weighted by molar-refractivity contribution is 8.01. The van der Waals surface area contributed by atoms with E-state index in [2.05, 4.69) is 41.1 Å². The van der Waals surface area contributed by atoms with E-state index in [0.717, 1.165) is 10.2 Å². The van der Waals surface area contributed by atoms with Crippen LogP contribution in [0.5, 0.6) is 0 Å². The average Bonchev–Trinajstić information content (AvgIpc) is 2.85. The Morgan fingerprint density at radius 1 is 1.41 bits per heavy atom. The summed E-state index contributed by atoms with van der Waals surface area (Å²) in [4.78, 5) is 4.42. The van der Waals surface area contributed by atoms with Crippen molar-refractivity contribution in [3.8, 4) is 0 Å². The van der Waals surface area contributed by atoms with Crippen molar-refractivity contribution in [3.63, 3.8) is 0 Å². The minimum Gasteiger partial charge on any atom is -0.338 e. The molecule has 0 saturated carbocycles. The first-order chi connectivity index (χ1) is 7.97. The van der Waals surface area contributed by atoms with Crippen LogP contribution >= 0.6 is 23.1 Å². The van der Waals surface area contributed by atoms with Crippen LogP contribution in [0.15, 0.2) is 14.4 Å². The molecule has 7 heteroatoms. The zero-order chi connectivity index (χ0) is 12.5. The van der Waals surface area contributed by atoms with Gasteiger partial charge in [0.05, 0.1) is 5.25 Å². The number of thioether (sulfide) groups is 1. The van der Waals surface area contributed by atoms with E-state index in [4.69, 9.17) is 4.52 Å². The molecule has 0 saturated heterocycles. The normalized spacial score (nSPS) is 13.9. The summed E-state index contributed by atoms with van der Waals surface area (Å²) < 4.78 is 6.19. The molecule has 0 aliphatic carbocycles. The van der Waals surface area contributed by atoms with Gasteiger partial charge < -0.3 is 4.52 Å². The lowest BCUT2D eigenvalue weighted by atomic mass is 9.96. The zero-order valence-electron chi connectivity index (χ0n) is 10.2. The SMILES string of the molecule is CC(Sc1nncs1)c1nc(C(C)(C)C)no1. The molecule has 92 valence electrons. The standard InChI is InChI=1S/C10H14N4OS2/c1-6(17-9-13-11-5-16-9)7-12-8(14-15-7)10(2,3)4/h5-6H,1-4H3. The van der Waals surface area contributed by atoms with Gasteiger partial charge in [0, 0.05) is 5.41 Å². The van der Waals surface area contributed by atoms with Crippen LogP contribution in [-0.4, -0.2) is 20.3 Å². The molecule has 0 N–H and O–H groups in total. The first kappa shape index (κ1) is 12.5. The van der Waals surface area contributed by atoms with Gasteiger partial charge in [0.1, 0.15) is 5.51 Å². The van der Waals surface area contributed by atoms with Crippen LogP contribution in [0.1, 0.15) is 44.7 Å². The molecule has 17 heavy (non-hydrogen) atoms. The quantitative estimate of drug-likeness (QED) is 0.799. The lowest BCUT2D eigenvalue weighted by molar-refractivity contribution is 0.364. The van der Waals surface area contributed by atoms with Crippen molar-refractivity contribution in [2.45, 2.75) is 42.7 Å². The fourth-order valence-corrected chi connectivity index (χ4v) is 2.78. The van der Waals surface area contributed by atoms with Crippen LogP contribution in [0, 0.1) is 0 Å². The largest absolute Gasteiger partial charge is 0.338 e. The topological polar surface area (TPSA) is 64.7 Å². The number of aromatic nitrogens is 4. The Kier molecular flexibility index (Phi) is 3.48. The fraction of sp³-hybridized carbons (Fsp3) is 0.600. The minimum absolute atomic E-state index is 0.0884. The van der Waals surface area contributed by atoms with Crippen molar-refractivity contribution in [2.24, 2.45) is 0 Å². The molecule has 0 amide bonds. The molecular weight excluding hydrogens is 256 g/mol. The van der Waals surface area contributed by atoms with Crippen molar-refractivity contribution in [2.75, 3.05) is 0 Å². The van der Waals surface area contributed by atoms with Crippen LogP contribution < -0.4 is 0 Å². The predicted molar refractivity (Wildman–Crippen MR) is 67.2 cm³/mol. The van der Waals surface area contributed by atoms with Gasteiger partial charge in [-0.05, 0) is 6.92 Å². The van der Waals surface area contributed by atoms with Crippen molar-refractivity contribution in [1.82, 2.24) is 20.3 Å². The van der Waals surface area contributed by atoms with Crippen LogP contribution in [0.2, 0.25) is 0 Å². The molecule has 0 aromatic carbocycles. The second-order valence-electron chi connectivity index (χ2n) is 4.67. The van der Waals surface area contributed by atoms with Gasteiger partial charge in [-0.1, -0.05) is 49.0 Å². The molecule has 1 atom stereocenters. The molecule has 5 nitrogen and oxygen atoms in total. The summed E-state index contributed by atoms with van der Waals surface area (Å²) in [6, 6.07) is 0. The first-order valence-electron chi connectivity index (χ1n) is 5.24. The average molecular weight is 270 g/mol. The van der Waals surface area contributed by atoms with E-state index < -0.39 is 0 Å². The number of rotatable bonds is 3. The summed E-state index contributed by atoms with van der Waals surface area (Å²) in [5, 5.41) is 11.9. The Bertz CT molecular complexity index is 475. The molecular formula is C10H14N4OS2. The van der Waals surface area contributed by atoms with E-state index in [1.807, 2.05) is 6.92 Å². The van der Waals surface area contributed by atoms with Gasteiger partial charge in [0.25, 0.3) is 0 Å². The highest BCUT2D eigenvalue weighted by atomic mass is 32.2. The van der Waals surface area contributed by atoms with Crippen molar-refractivity contribution < 1.29 is 4.52 Å². The second-order valence-corrected chi connectivity index (χ2v) is 7.09. The molecule has 0 radical (unpaired) electrons. The third-order valence-electron chi connectivity index (χ3n) is 2.08. The zero-order valence-corrected chi connectivity index (χ0v) is 11.8. The van der Waals surface area contributed by atoms with Gasteiger partial charge in [-0.3, -0.25) is 0 Å². The van der Waals surface area contributed by atoms with Crippen LogP contribution in [0.3, 0.4) is 0 Å². The summed E-state index contributed by atoms with van der Waals surface area (Å²) in [7, 11) is 0. The van der Waals surface area contributed by atoms with Crippen LogP contribution in [0.4, 0.5) is 0 Å². The lowest BCUT2D eigenvalue weighted by Crippen LogP contribution is -2.13. The van der Waals surface area contributed by atoms with E-state index in [1.165, 1.54) is 11.3 Å². The van der Waals surface area contributed by atoms with Crippen molar-refractivity contribution in [3.05, 3.63) is 17.2 Å². The summed E-state index contributed by atoms with van der Waals surface area (Å²) in [6.45, 7) is 8.20. The predicted octanol–water partition coefficient (Wildman–Crippen LogP) is 3.07. The summed E-state index contributed by atoms with van der Waals surface area (Å²) in [6.07, 6.45) is 0. The summed E-state index contributed by atoms with van der Waals surface area (Å²) in [5.74, 6) is 1.37. The monoisotopic (exact) mass is 270 g/mol. The van der Waals surface area contributed by atoms with Gasteiger partial charge in [0.2, 0.25) is 5.89 Å². The minimum atomic E-state index is -0.0884. The highest BCUT2D eigenvalue weighted by Gasteiger charge is 2.23. The third kappa shape index (κ3) is 3.04. The second kappa shape index (κ2) is 4.73. The molecule has 0 bridgehead atoms. The Labute approximate surface area is 108 Å². The number of hydrogen-bond acceptors (Lipinski definition) is 7. The van der Waals surface area contributed by atoms with E-state index in [1.54, 1.807) is 17.3 Å². The van der Waals surface area contributed by atoms with Crippen LogP contribution in [0.25, 0.3) is 0 Å². The van der Waals surface area contributed by atoms with Crippen molar-refractivity contribution in [1.29, 1.82) is 0 Å². The smallest absolute Gasteiger partial charge is 0.239 e. The first-order valence-corrected chi connectivity index (χ1v) is 6.99. The van der Waals surface area contributed by atoms with Gasteiger partial charge >= 0.3 is 0 Å². The third-order valence-corrected chi connectivity index (χ3v) is 3.98. The molecule has 2 aromatic rings. The molecule has 2 rings (SSSR count). The molecule has 0 aliphatic heterocycles. The molecule has 0 aliphatic rings. The number of hydrogen-bond donors (Lipinski definition) is 0. The van der Waals surface area contributed by atoms with Gasteiger partial charge in [-0.15, -0.1) is 10.2 Å². The van der Waals surface area contributed by atoms with Crippen LogP contribution in [-0.2, 0) is 5.41 Å². The Morgan fingerprint density at radius 2 is 2.18 bits per heavy atom. The molecule has 0 spiro atoms.